The number of aromatic nitrogens is 1. The lowest BCUT2D eigenvalue weighted by Crippen LogP contribution is -2.39. The van der Waals surface area contributed by atoms with Crippen LogP contribution in [0.5, 0.6) is 0 Å². The first-order valence-corrected chi connectivity index (χ1v) is 11.6. The lowest BCUT2D eigenvalue weighted by atomic mass is 10.0. The predicted octanol–water partition coefficient (Wildman–Crippen LogP) is 4.11. The summed E-state index contributed by atoms with van der Waals surface area (Å²) in [6, 6.07) is 10.1. The molecule has 3 aromatic rings. The number of hydrogen-bond donors (Lipinski definition) is 1. The van der Waals surface area contributed by atoms with E-state index in [-0.39, 0.29) is 10.7 Å². The molecule has 2 heterocycles. The van der Waals surface area contributed by atoms with Gasteiger partial charge < -0.3 is 0 Å². The Labute approximate surface area is 172 Å². The lowest BCUT2D eigenvalue weighted by Gasteiger charge is -2.30. The summed E-state index contributed by atoms with van der Waals surface area (Å²) in [4.78, 5) is 16.9. The molecule has 1 aromatic heterocycles. The van der Waals surface area contributed by atoms with E-state index in [1.54, 1.807) is 6.07 Å². The molecule has 1 aliphatic heterocycles. The molecule has 0 aliphatic carbocycles. The molecule has 9 heteroatoms. The zero-order valence-corrected chi connectivity index (χ0v) is 17.4. The van der Waals surface area contributed by atoms with Gasteiger partial charge in [-0.15, -0.1) is 0 Å². The fourth-order valence-electron chi connectivity index (χ4n) is 3.41. The number of sulfonamides is 1. The van der Waals surface area contributed by atoms with E-state index in [2.05, 4.69) is 10.3 Å². The van der Waals surface area contributed by atoms with Gasteiger partial charge in [-0.3, -0.25) is 10.1 Å². The van der Waals surface area contributed by atoms with Crippen LogP contribution in [0, 0.1) is 11.7 Å². The van der Waals surface area contributed by atoms with Gasteiger partial charge in [-0.05, 0) is 61.2 Å². The summed E-state index contributed by atoms with van der Waals surface area (Å²) in [5.74, 6) is -0.426. The van der Waals surface area contributed by atoms with Crippen molar-refractivity contribution in [1.82, 2.24) is 9.29 Å². The maximum absolute atomic E-state index is 13.3. The van der Waals surface area contributed by atoms with Crippen molar-refractivity contribution in [2.75, 3.05) is 18.4 Å². The largest absolute Gasteiger partial charge is 0.298 e. The van der Waals surface area contributed by atoms with Crippen molar-refractivity contribution in [1.29, 1.82) is 0 Å². The van der Waals surface area contributed by atoms with Gasteiger partial charge in [0.2, 0.25) is 10.0 Å². The Hall–Kier alpha value is -2.36. The minimum atomic E-state index is -3.56. The van der Waals surface area contributed by atoms with E-state index in [1.807, 2.05) is 6.92 Å². The fraction of sp³-hybridized carbons (Fsp3) is 0.300. The zero-order valence-electron chi connectivity index (χ0n) is 15.8. The fourth-order valence-corrected chi connectivity index (χ4v) is 5.90. The molecule has 1 fully saturated rings. The molecule has 0 unspecified atom stereocenters. The van der Waals surface area contributed by atoms with Crippen LogP contribution in [0.3, 0.4) is 0 Å². The average Bonchev–Trinajstić information content (AvgIpc) is 3.09. The van der Waals surface area contributed by atoms with Crippen LogP contribution < -0.4 is 5.32 Å². The normalized spacial score (nSPS) is 18.1. The number of hydrogen-bond acceptors (Lipinski definition) is 5. The third-order valence-corrected chi connectivity index (χ3v) is 7.76. The van der Waals surface area contributed by atoms with Crippen molar-refractivity contribution in [3.8, 4) is 0 Å². The van der Waals surface area contributed by atoms with Crippen LogP contribution in [-0.4, -0.2) is 36.7 Å². The molecule has 0 saturated carbocycles. The van der Waals surface area contributed by atoms with Gasteiger partial charge in [0.15, 0.2) is 5.13 Å². The van der Waals surface area contributed by atoms with Gasteiger partial charge in [0, 0.05) is 18.7 Å². The summed E-state index contributed by atoms with van der Waals surface area (Å²) >= 11 is 1.18. The van der Waals surface area contributed by atoms with Crippen molar-refractivity contribution >= 4 is 42.6 Å². The molecule has 1 saturated heterocycles. The number of thiazole rings is 1. The first-order chi connectivity index (χ1) is 13.8. The predicted molar refractivity (Wildman–Crippen MR) is 111 cm³/mol. The van der Waals surface area contributed by atoms with E-state index in [1.165, 1.54) is 52.0 Å². The zero-order chi connectivity index (χ0) is 20.6. The lowest BCUT2D eigenvalue weighted by molar-refractivity contribution is 0.102. The molecule has 0 radical (unpaired) electrons. The van der Waals surface area contributed by atoms with Gasteiger partial charge in [0.05, 0.1) is 15.1 Å². The monoisotopic (exact) mass is 433 g/mol. The number of anilines is 1. The second kappa shape index (κ2) is 7.81. The third kappa shape index (κ3) is 4.17. The molecule has 4 rings (SSSR count). The van der Waals surface area contributed by atoms with Gasteiger partial charge in [-0.1, -0.05) is 18.3 Å². The number of nitrogens with zero attached hydrogens (tertiary/aromatic N) is 2. The van der Waals surface area contributed by atoms with Gasteiger partial charge >= 0.3 is 0 Å². The molecular weight excluding hydrogens is 413 g/mol. The van der Waals surface area contributed by atoms with Crippen molar-refractivity contribution in [3.63, 3.8) is 0 Å². The van der Waals surface area contributed by atoms with E-state index in [4.69, 9.17) is 0 Å². The minimum Gasteiger partial charge on any atom is -0.298 e. The third-order valence-electron chi connectivity index (χ3n) is 4.94. The summed E-state index contributed by atoms with van der Waals surface area (Å²) in [6.07, 6.45) is 1.89. The SMILES string of the molecule is C[C@@H]1CCCN(S(=O)(=O)c2ccc(C(=O)Nc3nc4ccc(F)cc4s3)cc2)C1. The van der Waals surface area contributed by atoms with Crippen LogP contribution in [0.1, 0.15) is 30.1 Å². The molecule has 6 nitrogen and oxygen atoms in total. The van der Waals surface area contributed by atoms with Gasteiger partial charge in [0.1, 0.15) is 5.82 Å². The smallest absolute Gasteiger partial charge is 0.257 e. The Kier molecular flexibility index (Phi) is 5.37. The van der Waals surface area contributed by atoms with Gasteiger partial charge in [-0.25, -0.2) is 17.8 Å². The van der Waals surface area contributed by atoms with Crippen LogP contribution in [0.4, 0.5) is 9.52 Å². The standard InChI is InChI=1S/C20H20FN3O3S2/c1-13-3-2-10-24(12-13)29(26,27)16-7-4-14(5-8-16)19(25)23-20-22-17-9-6-15(21)11-18(17)28-20/h4-9,11,13H,2-3,10,12H2,1H3,(H,22,23,25)/t13-/m1/s1. The number of halogens is 1. The Balaban J connectivity index is 1.50. The molecule has 1 atom stereocenters. The molecule has 0 spiro atoms. The molecule has 1 N–H and O–H groups in total. The van der Waals surface area contributed by atoms with Crippen LogP contribution in [0.25, 0.3) is 10.2 Å². The summed E-state index contributed by atoms with van der Waals surface area (Å²) in [5, 5.41) is 3.04. The number of benzene rings is 2. The molecule has 152 valence electrons. The van der Waals surface area contributed by atoms with Crippen molar-refractivity contribution in [2.45, 2.75) is 24.7 Å². The van der Waals surface area contributed by atoms with Crippen molar-refractivity contribution < 1.29 is 17.6 Å². The Bertz CT molecular complexity index is 1160. The summed E-state index contributed by atoms with van der Waals surface area (Å²) in [7, 11) is -3.56. The minimum absolute atomic E-state index is 0.179. The maximum Gasteiger partial charge on any atom is 0.257 e. The van der Waals surface area contributed by atoms with E-state index in [0.717, 1.165) is 12.8 Å². The van der Waals surface area contributed by atoms with E-state index in [9.17, 15) is 17.6 Å². The number of fused-ring (bicyclic) bond motifs is 1. The molecule has 1 aliphatic rings. The Morgan fingerprint density at radius 3 is 2.72 bits per heavy atom. The molecule has 0 bridgehead atoms. The number of rotatable bonds is 4. The van der Waals surface area contributed by atoms with Crippen molar-refractivity contribution in [2.24, 2.45) is 5.92 Å². The molecule has 1 amide bonds. The van der Waals surface area contributed by atoms with Gasteiger partial charge in [0.25, 0.3) is 5.91 Å². The highest BCUT2D eigenvalue weighted by molar-refractivity contribution is 7.89. The first-order valence-electron chi connectivity index (χ1n) is 9.30. The Morgan fingerprint density at radius 2 is 2.00 bits per heavy atom. The molecule has 29 heavy (non-hydrogen) atoms. The number of carbonyl (C=O) groups excluding carboxylic acids is 1. The van der Waals surface area contributed by atoms with E-state index < -0.39 is 15.9 Å². The second-order valence-corrected chi connectivity index (χ2v) is 10.2. The summed E-state index contributed by atoms with van der Waals surface area (Å²) in [6.45, 7) is 3.08. The topological polar surface area (TPSA) is 79.4 Å². The number of carbonyl (C=O) groups is 1. The van der Waals surface area contributed by atoms with Crippen LogP contribution >= 0.6 is 11.3 Å². The number of amides is 1. The highest BCUT2D eigenvalue weighted by Crippen LogP contribution is 2.27. The van der Waals surface area contributed by atoms with Crippen LogP contribution in [-0.2, 0) is 10.0 Å². The Morgan fingerprint density at radius 1 is 1.24 bits per heavy atom. The summed E-state index contributed by atoms with van der Waals surface area (Å²) < 4.78 is 41.1. The van der Waals surface area contributed by atoms with E-state index >= 15 is 0 Å². The maximum atomic E-state index is 13.3. The molecular formula is C20H20FN3O3S2. The van der Waals surface area contributed by atoms with Crippen LogP contribution in [0.2, 0.25) is 0 Å². The number of piperidine rings is 1. The van der Waals surface area contributed by atoms with Crippen LogP contribution in [0.15, 0.2) is 47.4 Å². The van der Waals surface area contributed by atoms with E-state index in [0.29, 0.717) is 39.9 Å². The second-order valence-electron chi connectivity index (χ2n) is 7.22. The summed E-state index contributed by atoms with van der Waals surface area (Å²) in [5.41, 5.74) is 0.922. The van der Waals surface area contributed by atoms with Gasteiger partial charge in [-0.2, -0.15) is 4.31 Å². The van der Waals surface area contributed by atoms with Crippen molar-refractivity contribution in [3.05, 3.63) is 53.8 Å². The number of nitrogens with one attached hydrogen (secondary N) is 1. The highest BCUT2D eigenvalue weighted by Gasteiger charge is 2.28. The average molecular weight is 434 g/mol. The molecule has 2 aromatic carbocycles. The quantitative estimate of drug-likeness (QED) is 0.672. The first kappa shape index (κ1) is 19.9. The highest BCUT2D eigenvalue weighted by atomic mass is 32.2.